The van der Waals surface area contributed by atoms with Gasteiger partial charge in [-0.15, -0.1) is 11.3 Å². The van der Waals surface area contributed by atoms with Crippen LogP contribution in [0.2, 0.25) is 0 Å². The van der Waals surface area contributed by atoms with E-state index in [1.807, 2.05) is 11.4 Å². The monoisotopic (exact) mass is 314 g/mol. The molecule has 0 bridgehead atoms. The van der Waals surface area contributed by atoms with E-state index in [4.69, 9.17) is 0 Å². The molecule has 0 fully saturated rings. The summed E-state index contributed by atoms with van der Waals surface area (Å²) in [4.78, 5) is 1.10. The van der Waals surface area contributed by atoms with Crippen molar-refractivity contribution >= 4 is 27.3 Å². The van der Waals surface area contributed by atoms with Gasteiger partial charge in [-0.3, -0.25) is 0 Å². The van der Waals surface area contributed by atoms with E-state index in [0.29, 0.717) is 18.4 Å². The highest BCUT2D eigenvalue weighted by atomic mass is 79.9. The van der Waals surface area contributed by atoms with E-state index in [9.17, 15) is 9.50 Å². The molecule has 1 nitrogen and oxygen atoms in total. The van der Waals surface area contributed by atoms with Crippen molar-refractivity contribution < 1.29 is 9.50 Å². The number of aliphatic hydroxyl groups is 1. The zero-order chi connectivity index (χ0) is 12.3. The zero-order valence-electron chi connectivity index (χ0n) is 9.07. The number of rotatable bonds is 4. The van der Waals surface area contributed by atoms with E-state index >= 15 is 0 Å². The van der Waals surface area contributed by atoms with Gasteiger partial charge in [0.15, 0.2) is 0 Å². The first-order valence-electron chi connectivity index (χ1n) is 5.29. The van der Waals surface area contributed by atoms with Crippen LogP contribution in [0.1, 0.15) is 10.4 Å². The minimum atomic E-state index is -0.544. The first-order chi connectivity index (χ1) is 8.15. The predicted octanol–water partition coefficient (Wildman–Crippen LogP) is 3.80. The molecule has 1 N–H and O–H groups in total. The third kappa shape index (κ3) is 3.63. The minimum Gasteiger partial charge on any atom is -0.392 e. The molecule has 2 aromatic rings. The van der Waals surface area contributed by atoms with Gasteiger partial charge in [0.05, 0.1) is 6.10 Å². The van der Waals surface area contributed by atoms with Crippen molar-refractivity contribution in [1.29, 1.82) is 0 Å². The van der Waals surface area contributed by atoms with Gasteiger partial charge in [0, 0.05) is 27.6 Å². The molecule has 1 aromatic heterocycles. The highest BCUT2D eigenvalue weighted by Gasteiger charge is 2.11. The number of hydrogen-bond acceptors (Lipinski definition) is 2. The Morgan fingerprint density at radius 3 is 2.71 bits per heavy atom. The fraction of sp³-hybridized carbons (Fsp3) is 0.231. The fourth-order valence-corrected chi connectivity index (χ4v) is 3.21. The quantitative estimate of drug-likeness (QED) is 0.910. The summed E-state index contributed by atoms with van der Waals surface area (Å²) < 4.78 is 14.4. The van der Waals surface area contributed by atoms with Crippen molar-refractivity contribution in [3.63, 3.8) is 0 Å². The number of hydrogen-bond donors (Lipinski definition) is 1. The second kappa shape index (κ2) is 5.76. The van der Waals surface area contributed by atoms with Crippen LogP contribution in [-0.2, 0) is 12.8 Å². The van der Waals surface area contributed by atoms with Crippen molar-refractivity contribution in [2.75, 3.05) is 0 Å². The molecule has 0 saturated heterocycles. The average Bonchev–Trinajstić information content (AvgIpc) is 2.67. The Kier molecular flexibility index (Phi) is 4.31. The molecule has 0 spiro atoms. The number of benzene rings is 1. The Morgan fingerprint density at radius 2 is 2.06 bits per heavy atom. The first kappa shape index (κ1) is 12.7. The first-order valence-corrected chi connectivity index (χ1v) is 6.97. The molecular weight excluding hydrogens is 303 g/mol. The van der Waals surface area contributed by atoms with Gasteiger partial charge in [-0.1, -0.05) is 18.2 Å². The van der Waals surface area contributed by atoms with E-state index in [2.05, 4.69) is 15.9 Å². The van der Waals surface area contributed by atoms with Gasteiger partial charge < -0.3 is 5.11 Å². The van der Waals surface area contributed by atoms with Crippen molar-refractivity contribution in [2.24, 2.45) is 0 Å². The lowest BCUT2D eigenvalue weighted by Crippen LogP contribution is -2.14. The highest BCUT2D eigenvalue weighted by molar-refractivity contribution is 9.10. The Hall–Kier alpha value is -0.710. The Labute approximate surface area is 112 Å². The van der Waals surface area contributed by atoms with Gasteiger partial charge in [-0.2, -0.15) is 0 Å². The molecule has 4 heteroatoms. The molecule has 1 atom stereocenters. The number of halogens is 2. The van der Waals surface area contributed by atoms with Crippen LogP contribution in [-0.4, -0.2) is 11.2 Å². The summed E-state index contributed by atoms with van der Waals surface area (Å²) in [5, 5.41) is 11.9. The van der Waals surface area contributed by atoms with E-state index < -0.39 is 6.10 Å². The van der Waals surface area contributed by atoms with Crippen LogP contribution in [0.15, 0.2) is 40.2 Å². The summed E-state index contributed by atoms with van der Waals surface area (Å²) in [6.07, 6.45) is 0.365. The van der Waals surface area contributed by atoms with E-state index in [1.165, 1.54) is 6.07 Å². The molecule has 0 aliphatic heterocycles. The maximum Gasteiger partial charge on any atom is 0.126 e. The van der Waals surface area contributed by atoms with Gasteiger partial charge >= 0.3 is 0 Å². The third-order valence-corrected chi connectivity index (χ3v) is 4.19. The van der Waals surface area contributed by atoms with Gasteiger partial charge in [0.2, 0.25) is 0 Å². The molecule has 1 unspecified atom stereocenters. The molecule has 1 heterocycles. The molecule has 0 saturated carbocycles. The second-order valence-corrected chi connectivity index (χ2v) is 5.80. The topological polar surface area (TPSA) is 20.2 Å². The van der Waals surface area contributed by atoms with Crippen LogP contribution in [0.5, 0.6) is 0 Å². The molecule has 0 amide bonds. The highest BCUT2D eigenvalue weighted by Crippen LogP contribution is 2.22. The SMILES string of the molecule is OC(Cc1cc(Br)cs1)Cc1ccccc1F. The van der Waals surface area contributed by atoms with Gasteiger partial charge in [0.1, 0.15) is 5.82 Å². The minimum absolute atomic E-state index is 0.251. The van der Waals surface area contributed by atoms with Crippen LogP contribution in [0, 0.1) is 5.82 Å². The summed E-state index contributed by atoms with van der Waals surface area (Å²) in [6.45, 7) is 0. The maximum absolute atomic E-state index is 13.4. The van der Waals surface area contributed by atoms with E-state index in [0.717, 1.165) is 9.35 Å². The molecule has 2 rings (SSSR count). The summed E-state index contributed by atoms with van der Waals surface area (Å²) in [5.41, 5.74) is 0.565. The molecular formula is C13H12BrFOS. The molecule has 1 aromatic carbocycles. The summed E-state index contributed by atoms with van der Waals surface area (Å²) in [7, 11) is 0. The van der Waals surface area contributed by atoms with E-state index in [-0.39, 0.29) is 5.82 Å². The molecule has 0 aliphatic carbocycles. The Balaban J connectivity index is 1.98. The van der Waals surface area contributed by atoms with Gasteiger partial charge in [-0.05, 0) is 33.6 Å². The lowest BCUT2D eigenvalue weighted by atomic mass is 10.0. The van der Waals surface area contributed by atoms with Crippen molar-refractivity contribution in [3.8, 4) is 0 Å². The van der Waals surface area contributed by atoms with Crippen LogP contribution in [0.4, 0.5) is 4.39 Å². The summed E-state index contributed by atoms with van der Waals surface area (Å²) in [5.74, 6) is -0.251. The molecule has 0 aliphatic rings. The van der Waals surface area contributed by atoms with Crippen molar-refractivity contribution in [1.82, 2.24) is 0 Å². The third-order valence-electron chi connectivity index (χ3n) is 2.47. The van der Waals surface area contributed by atoms with E-state index in [1.54, 1.807) is 29.5 Å². The zero-order valence-corrected chi connectivity index (χ0v) is 11.5. The van der Waals surface area contributed by atoms with Crippen LogP contribution in [0.25, 0.3) is 0 Å². The summed E-state index contributed by atoms with van der Waals surface area (Å²) in [6, 6.07) is 8.55. The largest absolute Gasteiger partial charge is 0.392 e. The van der Waals surface area contributed by atoms with Crippen LogP contribution in [0.3, 0.4) is 0 Å². The molecule has 17 heavy (non-hydrogen) atoms. The average molecular weight is 315 g/mol. The predicted molar refractivity (Wildman–Crippen MR) is 71.8 cm³/mol. The molecule has 90 valence electrons. The Bertz CT molecular complexity index is 498. The second-order valence-electron chi connectivity index (χ2n) is 3.88. The Morgan fingerprint density at radius 1 is 1.29 bits per heavy atom. The van der Waals surface area contributed by atoms with Crippen molar-refractivity contribution in [2.45, 2.75) is 18.9 Å². The maximum atomic E-state index is 13.4. The standard InChI is InChI=1S/C13H12BrFOS/c14-10-6-12(17-8-10)7-11(16)5-9-3-1-2-4-13(9)15/h1-4,6,8,11,16H,5,7H2. The lowest BCUT2D eigenvalue weighted by Gasteiger charge is -2.09. The van der Waals surface area contributed by atoms with Gasteiger partial charge in [-0.25, -0.2) is 4.39 Å². The number of aliphatic hydroxyl groups excluding tert-OH is 1. The van der Waals surface area contributed by atoms with Gasteiger partial charge in [0.25, 0.3) is 0 Å². The van der Waals surface area contributed by atoms with Crippen LogP contribution >= 0.6 is 27.3 Å². The molecule has 0 radical (unpaired) electrons. The summed E-state index contributed by atoms with van der Waals surface area (Å²) >= 11 is 4.96. The van der Waals surface area contributed by atoms with Crippen LogP contribution < -0.4 is 0 Å². The normalized spacial score (nSPS) is 12.6. The lowest BCUT2D eigenvalue weighted by molar-refractivity contribution is 0.175. The smallest absolute Gasteiger partial charge is 0.126 e. The fourth-order valence-electron chi connectivity index (χ4n) is 1.68. The number of thiophene rings is 1. The van der Waals surface area contributed by atoms with Crippen molar-refractivity contribution in [3.05, 3.63) is 56.4 Å².